The van der Waals surface area contributed by atoms with Crippen LogP contribution in [0.5, 0.6) is 0 Å². The molecule has 3 heterocycles. The van der Waals surface area contributed by atoms with Crippen LogP contribution >= 0.6 is 0 Å². The lowest BCUT2D eigenvalue weighted by molar-refractivity contribution is -0.123. The number of nitrogens with zero attached hydrogens (tertiary/aromatic N) is 3. The first-order valence-corrected chi connectivity index (χ1v) is 8.58. The highest BCUT2D eigenvalue weighted by molar-refractivity contribution is 5.96. The molecule has 0 bridgehead atoms. The summed E-state index contributed by atoms with van der Waals surface area (Å²) in [6.45, 7) is 2.33. The Morgan fingerprint density at radius 3 is 2.64 bits per heavy atom. The molecule has 0 saturated carbocycles. The van der Waals surface area contributed by atoms with Crippen molar-refractivity contribution in [3.8, 4) is 0 Å². The smallest absolute Gasteiger partial charge is 0.270 e. The van der Waals surface area contributed by atoms with E-state index in [1.807, 2.05) is 53.2 Å². The fourth-order valence-electron chi connectivity index (χ4n) is 3.91. The summed E-state index contributed by atoms with van der Waals surface area (Å²) in [5.74, 6) is 0.131. The summed E-state index contributed by atoms with van der Waals surface area (Å²) < 4.78 is 0. The predicted molar refractivity (Wildman–Crippen MR) is 95.5 cm³/mol. The zero-order chi connectivity index (χ0) is 17.4. The molecule has 130 valence electrons. The summed E-state index contributed by atoms with van der Waals surface area (Å²) in [6, 6.07) is 13.4. The van der Waals surface area contributed by atoms with E-state index in [1.54, 1.807) is 12.3 Å². The van der Waals surface area contributed by atoms with Gasteiger partial charge in [-0.3, -0.25) is 14.5 Å². The molecule has 1 spiro atoms. The number of aromatic nitrogens is 1. The van der Waals surface area contributed by atoms with Gasteiger partial charge >= 0.3 is 0 Å². The van der Waals surface area contributed by atoms with Gasteiger partial charge in [0, 0.05) is 31.5 Å². The highest BCUT2D eigenvalue weighted by Crippen LogP contribution is 2.33. The Balaban J connectivity index is 1.56. The Labute approximate surface area is 147 Å². The maximum absolute atomic E-state index is 12.7. The van der Waals surface area contributed by atoms with Crippen LogP contribution in [-0.2, 0) is 4.79 Å². The minimum Gasteiger partial charge on any atom is -0.357 e. The highest BCUT2D eigenvalue weighted by atomic mass is 16.2. The lowest BCUT2D eigenvalue weighted by atomic mass is 9.92. The first kappa shape index (κ1) is 15.9. The maximum atomic E-state index is 12.7. The number of aromatic amines is 1. The normalized spacial score (nSPS) is 24.3. The monoisotopic (exact) mass is 338 g/mol. The number of rotatable bonds is 2. The van der Waals surface area contributed by atoms with Gasteiger partial charge in [-0.1, -0.05) is 18.2 Å². The minimum absolute atomic E-state index is 0.0263. The molecular weight excluding hydrogens is 316 g/mol. The van der Waals surface area contributed by atoms with Crippen LogP contribution < -0.4 is 4.90 Å². The first-order chi connectivity index (χ1) is 12.1. The quantitative estimate of drug-likeness (QED) is 0.904. The van der Waals surface area contributed by atoms with Gasteiger partial charge in [0.25, 0.3) is 5.91 Å². The van der Waals surface area contributed by atoms with E-state index in [2.05, 4.69) is 9.88 Å². The molecule has 1 aromatic carbocycles. The number of likely N-dealkylation sites (N-methyl/N-ethyl adjacent to an activating group) is 1. The number of H-pyrrole nitrogens is 1. The molecule has 2 amide bonds. The Kier molecular flexibility index (Phi) is 3.84. The summed E-state index contributed by atoms with van der Waals surface area (Å²) in [4.78, 5) is 34.1. The summed E-state index contributed by atoms with van der Waals surface area (Å²) >= 11 is 0. The van der Waals surface area contributed by atoms with Gasteiger partial charge in [0.15, 0.2) is 0 Å². The lowest BCUT2D eigenvalue weighted by Crippen LogP contribution is -2.64. The summed E-state index contributed by atoms with van der Waals surface area (Å²) in [6.07, 6.45) is 2.63. The molecule has 1 aromatic heterocycles. The van der Waals surface area contributed by atoms with Crippen molar-refractivity contribution in [3.63, 3.8) is 0 Å². The van der Waals surface area contributed by atoms with E-state index in [1.165, 1.54) is 0 Å². The number of hydrogen-bond acceptors (Lipinski definition) is 3. The number of amides is 2. The van der Waals surface area contributed by atoms with Gasteiger partial charge in [-0.05, 0) is 37.7 Å². The minimum atomic E-state index is -0.188. The second-order valence-electron chi connectivity index (χ2n) is 6.96. The number of likely N-dealkylation sites (tertiary alicyclic amines) is 1. The second kappa shape index (κ2) is 6.04. The van der Waals surface area contributed by atoms with Crippen LogP contribution in [0.3, 0.4) is 0 Å². The van der Waals surface area contributed by atoms with E-state index >= 15 is 0 Å². The molecule has 6 nitrogen and oxygen atoms in total. The Morgan fingerprint density at radius 1 is 1.12 bits per heavy atom. The highest BCUT2D eigenvalue weighted by Gasteiger charge is 2.48. The molecule has 25 heavy (non-hydrogen) atoms. The molecule has 2 aliphatic rings. The SMILES string of the molecule is CN1CC(=O)N(c2ccccc2)CC12CCN(C(=O)c1ccc[nH]1)C2. The molecule has 1 atom stereocenters. The van der Waals surface area contributed by atoms with Crippen molar-refractivity contribution < 1.29 is 9.59 Å². The fraction of sp³-hybridized carbons (Fsp3) is 0.368. The van der Waals surface area contributed by atoms with Gasteiger partial charge in [0.2, 0.25) is 5.91 Å². The van der Waals surface area contributed by atoms with Crippen molar-refractivity contribution in [2.24, 2.45) is 0 Å². The average Bonchev–Trinajstić information content (AvgIpc) is 3.30. The van der Waals surface area contributed by atoms with E-state index < -0.39 is 0 Å². The molecule has 1 unspecified atom stereocenters. The number of para-hydroxylation sites is 1. The molecule has 2 aliphatic heterocycles. The van der Waals surface area contributed by atoms with Crippen molar-refractivity contribution in [2.45, 2.75) is 12.0 Å². The van der Waals surface area contributed by atoms with Crippen LogP contribution in [0, 0.1) is 0 Å². The molecule has 2 aromatic rings. The number of carbonyl (C=O) groups excluding carboxylic acids is 2. The van der Waals surface area contributed by atoms with Gasteiger partial charge in [-0.15, -0.1) is 0 Å². The fourth-order valence-corrected chi connectivity index (χ4v) is 3.91. The van der Waals surface area contributed by atoms with Crippen LogP contribution in [0.2, 0.25) is 0 Å². The van der Waals surface area contributed by atoms with Crippen LogP contribution in [0.1, 0.15) is 16.9 Å². The van der Waals surface area contributed by atoms with Gasteiger partial charge < -0.3 is 14.8 Å². The molecule has 6 heteroatoms. The third-order valence-electron chi connectivity index (χ3n) is 5.45. The number of carbonyl (C=O) groups is 2. The largest absolute Gasteiger partial charge is 0.357 e. The number of anilines is 1. The average molecular weight is 338 g/mol. The van der Waals surface area contributed by atoms with Crippen LogP contribution in [0.4, 0.5) is 5.69 Å². The molecule has 2 fully saturated rings. The standard InChI is InChI=1S/C19H22N4O2/c1-21-12-17(24)23(15-6-3-2-4-7-15)14-19(21)9-11-22(13-19)18(25)16-8-5-10-20-16/h2-8,10,20H,9,11-14H2,1H3. The second-order valence-corrected chi connectivity index (χ2v) is 6.96. The zero-order valence-corrected chi connectivity index (χ0v) is 14.3. The van der Waals surface area contributed by atoms with Gasteiger partial charge in [0.1, 0.15) is 5.69 Å². The van der Waals surface area contributed by atoms with Gasteiger partial charge in [-0.2, -0.15) is 0 Å². The third-order valence-corrected chi connectivity index (χ3v) is 5.45. The van der Waals surface area contributed by atoms with Crippen LogP contribution in [0.25, 0.3) is 0 Å². The van der Waals surface area contributed by atoms with Crippen molar-refractivity contribution in [3.05, 3.63) is 54.4 Å². The van der Waals surface area contributed by atoms with Gasteiger partial charge in [0.05, 0.1) is 12.1 Å². The number of hydrogen-bond donors (Lipinski definition) is 1. The number of benzene rings is 1. The van der Waals surface area contributed by atoms with E-state index in [4.69, 9.17) is 0 Å². The van der Waals surface area contributed by atoms with Gasteiger partial charge in [-0.25, -0.2) is 0 Å². The predicted octanol–water partition coefficient (Wildman–Crippen LogP) is 1.58. The molecule has 0 aliphatic carbocycles. The van der Waals surface area contributed by atoms with Crippen molar-refractivity contribution in [2.75, 3.05) is 38.1 Å². The molecule has 0 radical (unpaired) electrons. The summed E-state index contributed by atoms with van der Waals surface area (Å²) in [7, 11) is 1.99. The molecular formula is C19H22N4O2. The molecule has 2 saturated heterocycles. The number of piperazine rings is 1. The van der Waals surface area contributed by atoms with Crippen molar-refractivity contribution in [1.29, 1.82) is 0 Å². The van der Waals surface area contributed by atoms with E-state index in [0.29, 0.717) is 31.9 Å². The van der Waals surface area contributed by atoms with Crippen LogP contribution in [-0.4, -0.2) is 65.4 Å². The maximum Gasteiger partial charge on any atom is 0.270 e. The molecule has 4 rings (SSSR count). The van der Waals surface area contributed by atoms with Crippen molar-refractivity contribution in [1.82, 2.24) is 14.8 Å². The summed E-state index contributed by atoms with van der Waals surface area (Å²) in [5, 5.41) is 0. The topological polar surface area (TPSA) is 59.7 Å². The zero-order valence-electron chi connectivity index (χ0n) is 14.3. The number of nitrogens with one attached hydrogen (secondary N) is 1. The van der Waals surface area contributed by atoms with Crippen molar-refractivity contribution >= 4 is 17.5 Å². The third kappa shape index (κ3) is 2.72. The van der Waals surface area contributed by atoms with E-state index in [9.17, 15) is 9.59 Å². The van der Waals surface area contributed by atoms with Crippen LogP contribution in [0.15, 0.2) is 48.7 Å². The van der Waals surface area contributed by atoms with E-state index in [-0.39, 0.29) is 17.4 Å². The molecule has 1 N–H and O–H groups in total. The Morgan fingerprint density at radius 2 is 1.92 bits per heavy atom. The summed E-state index contributed by atoms with van der Waals surface area (Å²) in [5.41, 5.74) is 1.35. The Bertz CT molecular complexity index is 774. The first-order valence-electron chi connectivity index (χ1n) is 8.58. The van der Waals surface area contributed by atoms with E-state index in [0.717, 1.165) is 12.1 Å². The Hall–Kier alpha value is -2.60. The lowest BCUT2D eigenvalue weighted by Gasteiger charge is -2.46.